The van der Waals surface area contributed by atoms with Crippen LogP contribution in [0.4, 0.5) is 0 Å². The molecule has 1 aliphatic carbocycles. The number of hydrogen-bond acceptors (Lipinski definition) is 4. The van der Waals surface area contributed by atoms with Crippen LogP contribution in [0.25, 0.3) is 0 Å². The summed E-state index contributed by atoms with van der Waals surface area (Å²) >= 11 is 0. The van der Waals surface area contributed by atoms with Gasteiger partial charge in [0.05, 0.1) is 12.2 Å². The van der Waals surface area contributed by atoms with E-state index in [9.17, 15) is 4.79 Å². The molecule has 1 saturated heterocycles. The van der Waals surface area contributed by atoms with Gasteiger partial charge in [-0.2, -0.15) is 0 Å². The molecule has 2 atom stereocenters. The smallest absolute Gasteiger partial charge is 0.249 e. The molecule has 92 valence electrons. The molecule has 3 N–H and O–H groups in total. The lowest BCUT2D eigenvalue weighted by Gasteiger charge is -2.35. The van der Waals surface area contributed by atoms with Crippen LogP contribution >= 0.6 is 0 Å². The highest BCUT2D eigenvalue weighted by atomic mass is 16.5. The molecular formula is C11H20N2O3. The Morgan fingerprint density at radius 1 is 1.50 bits per heavy atom. The topological polar surface area (TPSA) is 73.6 Å². The quantitative estimate of drug-likeness (QED) is 0.698. The van der Waals surface area contributed by atoms with Crippen LogP contribution in [0.3, 0.4) is 0 Å². The molecule has 2 rings (SSSR count). The Bertz CT molecular complexity index is 254. The first kappa shape index (κ1) is 11.8. The molecule has 0 bridgehead atoms. The number of rotatable bonds is 4. The zero-order valence-electron chi connectivity index (χ0n) is 9.65. The Morgan fingerprint density at radius 3 is 2.81 bits per heavy atom. The minimum Gasteiger partial charge on any atom is -0.381 e. The Balaban J connectivity index is 1.69. The second-order valence-corrected chi connectivity index (χ2v) is 4.59. The molecule has 1 saturated carbocycles. The van der Waals surface area contributed by atoms with Gasteiger partial charge in [-0.15, -0.1) is 0 Å². The minimum absolute atomic E-state index is 0.00973. The van der Waals surface area contributed by atoms with E-state index in [1.807, 2.05) is 0 Å². The summed E-state index contributed by atoms with van der Waals surface area (Å²) in [4.78, 5) is 11.8. The van der Waals surface area contributed by atoms with E-state index >= 15 is 0 Å². The van der Waals surface area contributed by atoms with E-state index in [0.29, 0.717) is 12.6 Å². The van der Waals surface area contributed by atoms with Crippen LogP contribution in [-0.2, 0) is 14.3 Å². The van der Waals surface area contributed by atoms with Crippen molar-refractivity contribution in [2.24, 2.45) is 5.73 Å². The van der Waals surface area contributed by atoms with Crippen LogP contribution < -0.4 is 11.1 Å². The lowest BCUT2D eigenvalue weighted by molar-refractivity contribution is -0.134. The van der Waals surface area contributed by atoms with Crippen LogP contribution in [0, 0.1) is 0 Å². The van der Waals surface area contributed by atoms with E-state index in [1.165, 1.54) is 0 Å². The largest absolute Gasteiger partial charge is 0.381 e. The molecule has 0 aromatic heterocycles. The van der Waals surface area contributed by atoms with E-state index in [-0.39, 0.29) is 24.2 Å². The predicted octanol–water partition coefficient (Wildman–Crippen LogP) is -0.214. The first-order chi connectivity index (χ1) is 7.72. The highest BCUT2D eigenvalue weighted by molar-refractivity contribution is 5.81. The molecule has 1 heterocycles. The number of nitrogens with two attached hydrogens (primary N) is 1. The summed E-state index contributed by atoms with van der Waals surface area (Å²) in [6.07, 6.45) is 3.57. The van der Waals surface area contributed by atoms with E-state index in [1.54, 1.807) is 7.11 Å². The van der Waals surface area contributed by atoms with Gasteiger partial charge in [-0.3, -0.25) is 4.79 Å². The number of nitrogens with one attached hydrogen (secondary N) is 1. The van der Waals surface area contributed by atoms with Crippen molar-refractivity contribution in [1.82, 2.24) is 5.32 Å². The van der Waals surface area contributed by atoms with Crippen molar-refractivity contribution in [3.8, 4) is 0 Å². The fourth-order valence-electron chi connectivity index (χ4n) is 2.24. The zero-order chi connectivity index (χ0) is 11.5. The maximum atomic E-state index is 11.8. The first-order valence-corrected chi connectivity index (χ1v) is 5.91. The molecule has 2 unspecified atom stereocenters. The van der Waals surface area contributed by atoms with Gasteiger partial charge in [0.25, 0.3) is 0 Å². The van der Waals surface area contributed by atoms with Crippen LogP contribution in [0.1, 0.15) is 25.7 Å². The molecule has 5 heteroatoms. The molecule has 16 heavy (non-hydrogen) atoms. The zero-order valence-corrected chi connectivity index (χ0v) is 9.65. The third kappa shape index (κ3) is 2.53. The molecule has 2 fully saturated rings. The lowest BCUT2D eigenvalue weighted by Crippen LogP contribution is -2.50. The Hall–Kier alpha value is -0.650. The SMILES string of the molecule is COC1CC(NC(=O)C2CCC(CN)O2)C1. The van der Waals surface area contributed by atoms with Gasteiger partial charge >= 0.3 is 0 Å². The second-order valence-electron chi connectivity index (χ2n) is 4.59. The predicted molar refractivity (Wildman–Crippen MR) is 58.9 cm³/mol. The number of methoxy groups -OCH3 is 1. The van der Waals surface area contributed by atoms with Crippen molar-refractivity contribution in [1.29, 1.82) is 0 Å². The number of amides is 1. The molecular weight excluding hydrogens is 208 g/mol. The number of ether oxygens (including phenoxy) is 2. The van der Waals surface area contributed by atoms with Gasteiger partial charge in [-0.1, -0.05) is 0 Å². The monoisotopic (exact) mass is 228 g/mol. The number of hydrogen-bond donors (Lipinski definition) is 2. The Labute approximate surface area is 95.7 Å². The molecule has 0 spiro atoms. The maximum Gasteiger partial charge on any atom is 0.249 e. The van der Waals surface area contributed by atoms with Crippen LogP contribution in [0.2, 0.25) is 0 Å². The second kappa shape index (κ2) is 5.12. The third-order valence-electron chi connectivity index (χ3n) is 3.44. The number of carbonyl (C=O) groups excluding carboxylic acids is 1. The van der Waals surface area contributed by atoms with E-state index in [4.69, 9.17) is 15.2 Å². The molecule has 0 aromatic carbocycles. The van der Waals surface area contributed by atoms with E-state index in [2.05, 4.69) is 5.32 Å². The van der Waals surface area contributed by atoms with Crippen LogP contribution in [0.15, 0.2) is 0 Å². The summed E-state index contributed by atoms with van der Waals surface area (Å²) in [5, 5.41) is 2.98. The van der Waals surface area contributed by atoms with Crippen LogP contribution in [-0.4, -0.2) is 43.9 Å². The summed E-state index contributed by atoms with van der Waals surface area (Å²) in [5.41, 5.74) is 5.50. The average molecular weight is 228 g/mol. The van der Waals surface area contributed by atoms with Crippen molar-refractivity contribution in [3.63, 3.8) is 0 Å². The molecule has 0 aromatic rings. The van der Waals surface area contributed by atoms with Crippen molar-refractivity contribution in [2.45, 2.75) is 50.0 Å². The lowest BCUT2D eigenvalue weighted by atomic mass is 9.89. The fraction of sp³-hybridized carbons (Fsp3) is 0.909. The summed E-state index contributed by atoms with van der Waals surface area (Å²) in [5.74, 6) is 0.00973. The van der Waals surface area contributed by atoms with Crippen molar-refractivity contribution >= 4 is 5.91 Å². The van der Waals surface area contributed by atoms with Gasteiger partial charge in [0, 0.05) is 19.7 Å². The van der Waals surface area contributed by atoms with Gasteiger partial charge in [-0.05, 0) is 25.7 Å². The standard InChI is InChI=1S/C11H20N2O3/c1-15-9-4-7(5-9)13-11(14)10-3-2-8(6-12)16-10/h7-10H,2-6,12H2,1H3,(H,13,14). The van der Waals surface area contributed by atoms with Gasteiger partial charge in [-0.25, -0.2) is 0 Å². The molecule has 5 nitrogen and oxygen atoms in total. The fourth-order valence-corrected chi connectivity index (χ4v) is 2.24. The van der Waals surface area contributed by atoms with E-state index in [0.717, 1.165) is 25.7 Å². The van der Waals surface area contributed by atoms with Gasteiger partial charge < -0.3 is 20.5 Å². The van der Waals surface area contributed by atoms with Crippen molar-refractivity contribution < 1.29 is 14.3 Å². The Morgan fingerprint density at radius 2 is 2.25 bits per heavy atom. The number of carbonyl (C=O) groups is 1. The van der Waals surface area contributed by atoms with E-state index < -0.39 is 0 Å². The Kier molecular flexibility index (Phi) is 3.78. The molecule has 2 aliphatic rings. The van der Waals surface area contributed by atoms with Gasteiger partial charge in [0.2, 0.25) is 5.91 Å². The highest BCUT2D eigenvalue weighted by Crippen LogP contribution is 2.24. The molecule has 1 aliphatic heterocycles. The minimum atomic E-state index is -0.296. The summed E-state index contributed by atoms with van der Waals surface area (Å²) in [7, 11) is 1.70. The third-order valence-corrected chi connectivity index (χ3v) is 3.44. The highest BCUT2D eigenvalue weighted by Gasteiger charge is 2.35. The maximum absolute atomic E-state index is 11.8. The van der Waals surface area contributed by atoms with Gasteiger partial charge in [0.1, 0.15) is 6.10 Å². The van der Waals surface area contributed by atoms with Crippen molar-refractivity contribution in [2.75, 3.05) is 13.7 Å². The summed E-state index contributed by atoms with van der Waals surface area (Å²) in [6, 6.07) is 0.262. The molecule has 0 radical (unpaired) electrons. The van der Waals surface area contributed by atoms with Crippen LogP contribution in [0.5, 0.6) is 0 Å². The first-order valence-electron chi connectivity index (χ1n) is 5.91. The summed E-state index contributed by atoms with van der Waals surface area (Å²) in [6.45, 7) is 0.499. The van der Waals surface area contributed by atoms with Gasteiger partial charge in [0.15, 0.2) is 0 Å². The van der Waals surface area contributed by atoms with Crippen molar-refractivity contribution in [3.05, 3.63) is 0 Å². The average Bonchev–Trinajstić information content (AvgIpc) is 2.70. The normalized spacial score (nSPS) is 38.1. The molecule has 1 amide bonds. The summed E-state index contributed by atoms with van der Waals surface area (Å²) < 4.78 is 10.7.